The van der Waals surface area contributed by atoms with Crippen LogP contribution in [0.3, 0.4) is 0 Å². The highest BCUT2D eigenvalue weighted by Gasteiger charge is 2.05. The van der Waals surface area contributed by atoms with Crippen molar-refractivity contribution in [3.8, 4) is 0 Å². The van der Waals surface area contributed by atoms with Gasteiger partial charge in [0.15, 0.2) is 5.65 Å². The fourth-order valence-electron chi connectivity index (χ4n) is 1.59. The summed E-state index contributed by atoms with van der Waals surface area (Å²) in [5, 5.41) is 4.89. The summed E-state index contributed by atoms with van der Waals surface area (Å²) < 4.78 is 1.67. The number of aromatic nitrogens is 3. The van der Waals surface area contributed by atoms with Crippen LogP contribution in [0.2, 0.25) is 5.15 Å². The van der Waals surface area contributed by atoms with Crippen molar-refractivity contribution >= 4 is 17.2 Å². The molecule has 80 valence electrons. The van der Waals surface area contributed by atoms with E-state index in [0.717, 1.165) is 29.9 Å². The van der Waals surface area contributed by atoms with E-state index in [2.05, 4.69) is 17.0 Å². The van der Waals surface area contributed by atoms with Crippen LogP contribution in [-0.4, -0.2) is 14.6 Å². The largest absolute Gasteiger partial charge is 0.233 e. The van der Waals surface area contributed by atoms with Crippen LogP contribution in [0.25, 0.3) is 5.65 Å². The third kappa shape index (κ3) is 2.12. The molecule has 3 nitrogen and oxygen atoms in total. The van der Waals surface area contributed by atoms with Gasteiger partial charge >= 0.3 is 0 Å². The number of fused-ring (bicyclic) bond motifs is 1. The number of nitrogens with zero attached hydrogens (tertiary/aromatic N) is 3. The summed E-state index contributed by atoms with van der Waals surface area (Å²) in [6.07, 6.45) is 3.30. The summed E-state index contributed by atoms with van der Waals surface area (Å²) in [5.74, 6) is 0. The average Bonchev–Trinajstić information content (AvgIpc) is 2.56. The maximum Gasteiger partial charge on any atom is 0.157 e. The van der Waals surface area contributed by atoms with Crippen LogP contribution in [0.5, 0.6) is 0 Å². The second kappa shape index (κ2) is 4.19. The minimum atomic E-state index is 0.638. The highest BCUT2D eigenvalue weighted by Crippen LogP contribution is 2.15. The number of rotatable bonds is 3. The lowest BCUT2D eigenvalue weighted by Gasteiger charge is -2.01. The van der Waals surface area contributed by atoms with E-state index in [1.807, 2.05) is 19.1 Å². The molecule has 15 heavy (non-hydrogen) atoms. The first-order valence-electron chi connectivity index (χ1n) is 5.22. The van der Waals surface area contributed by atoms with Gasteiger partial charge in [-0.25, -0.2) is 9.50 Å². The average molecular weight is 224 g/mol. The van der Waals surface area contributed by atoms with Crippen LogP contribution < -0.4 is 0 Å². The number of aryl methyl sites for hydroxylation is 2. The Morgan fingerprint density at radius 1 is 1.40 bits per heavy atom. The first kappa shape index (κ1) is 10.4. The maximum atomic E-state index is 6.11. The topological polar surface area (TPSA) is 30.2 Å². The van der Waals surface area contributed by atoms with E-state index in [-0.39, 0.29) is 0 Å². The normalized spacial score (nSPS) is 11.1. The van der Waals surface area contributed by atoms with Crippen LogP contribution >= 0.6 is 11.6 Å². The van der Waals surface area contributed by atoms with Gasteiger partial charge in [0.2, 0.25) is 0 Å². The van der Waals surface area contributed by atoms with Gasteiger partial charge in [-0.15, -0.1) is 0 Å². The van der Waals surface area contributed by atoms with Crippen LogP contribution in [0.1, 0.15) is 31.2 Å². The molecular weight excluding hydrogens is 210 g/mol. The predicted octanol–water partition coefficient (Wildman–Crippen LogP) is 3.03. The molecule has 4 heteroatoms. The molecule has 0 aliphatic rings. The van der Waals surface area contributed by atoms with Crippen molar-refractivity contribution < 1.29 is 0 Å². The molecule has 0 saturated heterocycles. The minimum absolute atomic E-state index is 0.638. The van der Waals surface area contributed by atoms with Gasteiger partial charge < -0.3 is 0 Å². The van der Waals surface area contributed by atoms with Gasteiger partial charge in [0, 0.05) is 11.8 Å². The Hall–Kier alpha value is -1.09. The molecule has 0 aliphatic heterocycles. The molecule has 0 radical (unpaired) electrons. The quantitative estimate of drug-likeness (QED) is 0.749. The van der Waals surface area contributed by atoms with Gasteiger partial charge in [0.05, 0.1) is 5.69 Å². The molecule has 0 spiro atoms. The molecule has 0 amide bonds. The monoisotopic (exact) mass is 223 g/mol. The third-order valence-electron chi connectivity index (χ3n) is 2.35. The summed E-state index contributed by atoms with van der Waals surface area (Å²) in [5.41, 5.74) is 2.83. The molecule has 0 bridgehead atoms. The zero-order valence-electron chi connectivity index (χ0n) is 9.00. The minimum Gasteiger partial charge on any atom is -0.233 e. The van der Waals surface area contributed by atoms with Crippen LogP contribution in [0.4, 0.5) is 0 Å². The first-order valence-corrected chi connectivity index (χ1v) is 5.60. The van der Waals surface area contributed by atoms with E-state index in [9.17, 15) is 0 Å². The standard InChI is InChI=1S/C11H14ClN3/c1-3-4-5-9-7-10(12)15-11(13-9)6-8(2)14-15/h6-7H,3-5H2,1-2H3. The zero-order valence-corrected chi connectivity index (χ0v) is 9.75. The Morgan fingerprint density at radius 3 is 2.93 bits per heavy atom. The number of halogens is 1. The smallest absolute Gasteiger partial charge is 0.157 e. The van der Waals surface area contributed by atoms with Gasteiger partial charge in [0.1, 0.15) is 5.15 Å². The van der Waals surface area contributed by atoms with Crippen LogP contribution in [0, 0.1) is 6.92 Å². The Balaban J connectivity index is 2.42. The van der Waals surface area contributed by atoms with Gasteiger partial charge in [-0.3, -0.25) is 0 Å². The van der Waals surface area contributed by atoms with E-state index in [0.29, 0.717) is 5.15 Å². The fourth-order valence-corrected chi connectivity index (χ4v) is 1.84. The Labute approximate surface area is 94.1 Å². The second-order valence-electron chi connectivity index (χ2n) is 3.73. The summed E-state index contributed by atoms with van der Waals surface area (Å²) in [7, 11) is 0. The van der Waals surface area contributed by atoms with Gasteiger partial charge in [0.25, 0.3) is 0 Å². The number of hydrogen-bond donors (Lipinski definition) is 0. The van der Waals surface area contributed by atoms with E-state index >= 15 is 0 Å². The van der Waals surface area contributed by atoms with E-state index in [1.54, 1.807) is 4.52 Å². The number of hydrogen-bond acceptors (Lipinski definition) is 2. The summed E-state index contributed by atoms with van der Waals surface area (Å²) in [6.45, 7) is 4.11. The van der Waals surface area contributed by atoms with Crippen LogP contribution in [-0.2, 0) is 6.42 Å². The molecule has 0 N–H and O–H groups in total. The summed E-state index contributed by atoms with van der Waals surface area (Å²) >= 11 is 6.11. The Kier molecular flexibility index (Phi) is 2.91. The molecule has 2 aromatic rings. The molecule has 0 unspecified atom stereocenters. The predicted molar refractivity (Wildman–Crippen MR) is 61.3 cm³/mol. The van der Waals surface area contributed by atoms with Gasteiger partial charge in [-0.05, 0) is 25.8 Å². The molecule has 0 aliphatic carbocycles. The van der Waals surface area contributed by atoms with Crippen molar-refractivity contribution in [2.45, 2.75) is 33.1 Å². The van der Waals surface area contributed by atoms with Crippen molar-refractivity contribution in [1.29, 1.82) is 0 Å². The molecule has 0 atom stereocenters. The molecule has 2 rings (SSSR count). The van der Waals surface area contributed by atoms with Gasteiger partial charge in [-0.1, -0.05) is 24.9 Å². The lowest BCUT2D eigenvalue weighted by atomic mass is 10.2. The molecular formula is C11H14ClN3. The third-order valence-corrected chi connectivity index (χ3v) is 2.61. The molecule has 0 saturated carbocycles. The maximum absolute atomic E-state index is 6.11. The van der Waals surface area contributed by atoms with Crippen molar-refractivity contribution in [1.82, 2.24) is 14.6 Å². The van der Waals surface area contributed by atoms with Crippen molar-refractivity contribution in [2.24, 2.45) is 0 Å². The second-order valence-corrected chi connectivity index (χ2v) is 4.12. The Morgan fingerprint density at radius 2 is 2.20 bits per heavy atom. The fraction of sp³-hybridized carbons (Fsp3) is 0.455. The molecule has 0 aromatic carbocycles. The highest BCUT2D eigenvalue weighted by atomic mass is 35.5. The van der Waals surface area contributed by atoms with E-state index in [1.165, 1.54) is 6.42 Å². The first-order chi connectivity index (χ1) is 7.20. The van der Waals surface area contributed by atoms with Crippen molar-refractivity contribution in [3.05, 3.63) is 28.7 Å². The van der Waals surface area contributed by atoms with Gasteiger partial charge in [-0.2, -0.15) is 5.10 Å². The van der Waals surface area contributed by atoms with Crippen LogP contribution in [0.15, 0.2) is 12.1 Å². The highest BCUT2D eigenvalue weighted by molar-refractivity contribution is 6.29. The van der Waals surface area contributed by atoms with E-state index < -0.39 is 0 Å². The van der Waals surface area contributed by atoms with Crippen molar-refractivity contribution in [2.75, 3.05) is 0 Å². The lowest BCUT2D eigenvalue weighted by Crippen LogP contribution is -1.97. The molecule has 2 aromatic heterocycles. The molecule has 0 fully saturated rings. The SMILES string of the molecule is CCCCc1cc(Cl)n2nc(C)cc2n1. The number of unbranched alkanes of at least 4 members (excludes halogenated alkanes) is 1. The van der Waals surface area contributed by atoms with Crippen molar-refractivity contribution in [3.63, 3.8) is 0 Å². The summed E-state index contributed by atoms with van der Waals surface area (Å²) in [4.78, 5) is 4.51. The molecule has 2 heterocycles. The Bertz CT molecular complexity index is 476. The lowest BCUT2D eigenvalue weighted by molar-refractivity contribution is 0.772. The summed E-state index contributed by atoms with van der Waals surface area (Å²) in [6, 6.07) is 3.85. The zero-order chi connectivity index (χ0) is 10.8. The van der Waals surface area contributed by atoms with E-state index in [4.69, 9.17) is 11.6 Å².